The maximum atomic E-state index is 17.1. The van der Waals surface area contributed by atoms with Crippen LogP contribution in [-0.4, -0.2) is 65.9 Å². The van der Waals surface area contributed by atoms with Crippen molar-refractivity contribution in [1.82, 2.24) is 14.9 Å². The number of aryl methyl sites for hydroxylation is 1. The summed E-state index contributed by atoms with van der Waals surface area (Å²) in [5, 5.41) is 1.04. The van der Waals surface area contributed by atoms with Crippen LogP contribution in [0.25, 0.3) is 32.8 Å². The molecule has 10 heteroatoms. The largest absolute Gasteiger partial charge is 0.461 e. The Balaban J connectivity index is 0.00000338. The molecule has 1 atom stereocenters. The molecule has 0 bridgehead atoms. The number of ether oxygens (including phenoxy) is 2. The predicted molar refractivity (Wildman–Crippen MR) is 175 cm³/mol. The van der Waals surface area contributed by atoms with Gasteiger partial charge in [0.2, 0.25) is 0 Å². The Hall–Kier alpha value is -4.07. The summed E-state index contributed by atoms with van der Waals surface area (Å²) in [7, 11) is 0. The van der Waals surface area contributed by atoms with E-state index >= 15 is 8.78 Å². The van der Waals surface area contributed by atoms with Crippen LogP contribution in [-0.2, 0) is 11.2 Å². The minimum absolute atomic E-state index is 0. The Morgan fingerprint density at radius 1 is 1.04 bits per heavy atom. The van der Waals surface area contributed by atoms with E-state index in [4.69, 9.17) is 26.6 Å². The summed E-state index contributed by atoms with van der Waals surface area (Å²) in [4.78, 5) is 14.1. The molecule has 7 nitrogen and oxygen atoms in total. The first-order valence-electron chi connectivity index (χ1n) is 15.8. The number of fused-ring (bicyclic) bond motifs is 4. The van der Waals surface area contributed by atoms with Crippen LogP contribution >= 0.6 is 0 Å². The van der Waals surface area contributed by atoms with Gasteiger partial charge in [0, 0.05) is 29.8 Å². The lowest BCUT2D eigenvalue weighted by Gasteiger charge is -2.32. The van der Waals surface area contributed by atoms with Gasteiger partial charge in [-0.05, 0) is 87.2 Å². The van der Waals surface area contributed by atoms with E-state index in [2.05, 4.69) is 20.7 Å². The van der Waals surface area contributed by atoms with Crippen LogP contribution in [0.2, 0.25) is 0 Å². The molecule has 8 rings (SSSR count). The van der Waals surface area contributed by atoms with E-state index in [1.165, 1.54) is 18.2 Å². The van der Waals surface area contributed by atoms with Gasteiger partial charge in [0.1, 0.15) is 29.6 Å². The number of nitrogens with two attached hydrogens (primary N) is 1. The fourth-order valence-corrected chi connectivity index (χ4v) is 8.20. The standard InChI is InChI=1S/C35H34F3N5O2.CH4/c1-2-23-26(36)9-6-20-16-21(39)17-25(27(20)23)28-30(37)24-8-7-22-18-44-15-5-14-43(22)33-29(24)32(31(28)38)40-34(41-33)45-19-35-10-3-12-42(35)13-4-11-35;/h1,6,9,16-17,22H,3-5,7-8,10-15,18-19,39H2;1H4. The second kappa shape index (κ2) is 11.6. The number of benzene rings is 3. The molecule has 46 heavy (non-hydrogen) atoms. The third-order valence-corrected chi connectivity index (χ3v) is 10.3. The summed E-state index contributed by atoms with van der Waals surface area (Å²) >= 11 is 0. The molecule has 5 heterocycles. The molecule has 0 spiro atoms. The van der Waals surface area contributed by atoms with Gasteiger partial charge < -0.3 is 20.1 Å². The van der Waals surface area contributed by atoms with Crippen molar-refractivity contribution in [3.05, 3.63) is 52.8 Å². The average Bonchev–Trinajstić information content (AvgIpc) is 3.47. The molecule has 0 radical (unpaired) electrons. The molecule has 4 aromatic rings. The number of hydrogen-bond donors (Lipinski definition) is 1. The molecule has 240 valence electrons. The summed E-state index contributed by atoms with van der Waals surface area (Å²) < 4.78 is 61.2. The van der Waals surface area contributed by atoms with E-state index in [0.29, 0.717) is 61.4 Å². The van der Waals surface area contributed by atoms with E-state index in [1.54, 1.807) is 6.07 Å². The van der Waals surface area contributed by atoms with Gasteiger partial charge in [-0.15, -0.1) is 6.42 Å². The highest BCUT2D eigenvalue weighted by Crippen LogP contribution is 2.45. The third kappa shape index (κ3) is 4.66. The van der Waals surface area contributed by atoms with Crippen molar-refractivity contribution in [2.45, 2.75) is 64.0 Å². The SMILES string of the molecule is C.C#Cc1c(F)ccc2cc(N)cc(-c3c(F)c4c5c(nc(OCC67CCCN6CCC7)nc5c3F)N3CCCOCC3CC4)c12. The molecule has 0 aliphatic carbocycles. The smallest absolute Gasteiger partial charge is 0.319 e. The molecule has 1 unspecified atom stereocenters. The van der Waals surface area contributed by atoms with Crippen LogP contribution in [0.1, 0.15) is 57.1 Å². The van der Waals surface area contributed by atoms with Crippen LogP contribution < -0.4 is 15.4 Å². The molecule has 3 fully saturated rings. The van der Waals surface area contributed by atoms with Crippen LogP contribution in [0.3, 0.4) is 0 Å². The van der Waals surface area contributed by atoms with Crippen molar-refractivity contribution in [1.29, 1.82) is 0 Å². The number of nitrogen functional groups attached to an aromatic ring is 1. The van der Waals surface area contributed by atoms with E-state index in [9.17, 15) is 4.39 Å². The number of rotatable bonds is 4. The number of aromatic nitrogens is 2. The minimum Gasteiger partial charge on any atom is -0.461 e. The number of terminal acetylenes is 1. The topological polar surface area (TPSA) is 76.7 Å². The monoisotopic (exact) mass is 629 g/mol. The molecular weight excluding hydrogens is 591 g/mol. The fourth-order valence-electron chi connectivity index (χ4n) is 8.20. The normalized spacial score (nSPS) is 20.5. The van der Waals surface area contributed by atoms with E-state index in [-0.39, 0.29) is 58.3 Å². The van der Waals surface area contributed by atoms with Gasteiger partial charge in [0.25, 0.3) is 0 Å². The van der Waals surface area contributed by atoms with Gasteiger partial charge in [-0.3, -0.25) is 4.90 Å². The Morgan fingerprint density at radius 3 is 2.63 bits per heavy atom. The maximum Gasteiger partial charge on any atom is 0.319 e. The molecule has 0 amide bonds. The number of hydrogen-bond acceptors (Lipinski definition) is 7. The highest BCUT2D eigenvalue weighted by Gasteiger charge is 2.45. The van der Waals surface area contributed by atoms with Crippen LogP contribution in [0.5, 0.6) is 6.01 Å². The van der Waals surface area contributed by atoms with Crippen LogP contribution in [0.4, 0.5) is 24.7 Å². The van der Waals surface area contributed by atoms with Gasteiger partial charge >= 0.3 is 6.01 Å². The molecule has 2 N–H and O–H groups in total. The second-order valence-corrected chi connectivity index (χ2v) is 12.8. The molecule has 3 saturated heterocycles. The summed E-state index contributed by atoms with van der Waals surface area (Å²) in [6.07, 6.45) is 11.6. The van der Waals surface area contributed by atoms with Gasteiger partial charge in [-0.2, -0.15) is 9.97 Å². The van der Waals surface area contributed by atoms with E-state index < -0.39 is 17.5 Å². The molecule has 0 saturated carbocycles. The van der Waals surface area contributed by atoms with Crippen LogP contribution in [0.15, 0.2) is 24.3 Å². The maximum absolute atomic E-state index is 17.1. The Kier molecular flexibility index (Phi) is 7.73. The van der Waals surface area contributed by atoms with Crippen LogP contribution in [0, 0.1) is 29.8 Å². The van der Waals surface area contributed by atoms with E-state index in [0.717, 1.165) is 45.2 Å². The summed E-state index contributed by atoms with van der Waals surface area (Å²) in [5.41, 5.74) is 6.38. The van der Waals surface area contributed by atoms with Crippen molar-refractivity contribution in [2.75, 3.05) is 50.1 Å². The Morgan fingerprint density at radius 2 is 1.85 bits per heavy atom. The van der Waals surface area contributed by atoms with Crippen molar-refractivity contribution in [2.24, 2.45) is 0 Å². The fraction of sp³-hybridized carbons (Fsp3) is 0.444. The highest BCUT2D eigenvalue weighted by atomic mass is 19.1. The van der Waals surface area contributed by atoms with Gasteiger partial charge in [-0.25, -0.2) is 13.2 Å². The summed E-state index contributed by atoms with van der Waals surface area (Å²) in [5.74, 6) is 0.554. The zero-order valence-corrected chi connectivity index (χ0v) is 25.0. The molecule has 4 aliphatic rings. The lowest BCUT2D eigenvalue weighted by molar-refractivity contribution is 0.108. The zero-order valence-electron chi connectivity index (χ0n) is 25.0. The van der Waals surface area contributed by atoms with Crippen molar-refractivity contribution in [3.63, 3.8) is 0 Å². The summed E-state index contributed by atoms with van der Waals surface area (Å²) in [6, 6.07) is 5.80. The number of anilines is 2. The third-order valence-electron chi connectivity index (χ3n) is 10.3. The highest BCUT2D eigenvalue weighted by molar-refractivity contribution is 6.06. The lowest BCUT2D eigenvalue weighted by Crippen LogP contribution is -2.43. The Labute approximate surface area is 266 Å². The first kappa shape index (κ1) is 30.6. The predicted octanol–water partition coefficient (Wildman–Crippen LogP) is 6.62. The number of nitrogens with zero attached hydrogens (tertiary/aromatic N) is 4. The lowest BCUT2D eigenvalue weighted by atomic mass is 9.90. The van der Waals surface area contributed by atoms with Crippen molar-refractivity contribution < 1.29 is 22.6 Å². The van der Waals surface area contributed by atoms with Crippen molar-refractivity contribution in [3.8, 4) is 29.5 Å². The molecule has 3 aromatic carbocycles. The number of halogens is 3. The zero-order chi connectivity index (χ0) is 30.9. The summed E-state index contributed by atoms with van der Waals surface area (Å²) in [6.45, 7) is 4.17. The second-order valence-electron chi connectivity index (χ2n) is 12.8. The first-order chi connectivity index (χ1) is 21.9. The molecular formula is C36H38F3N5O2. The van der Waals surface area contributed by atoms with Gasteiger partial charge in [0.15, 0.2) is 5.82 Å². The van der Waals surface area contributed by atoms with Crippen molar-refractivity contribution >= 4 is 33.2 Å². The quantitative estimate of drug-likeness (QED) is 0.201. The minimum atomic E-state index is -0.884. The molecule has 1 aromatic heterocycles. The average molecular weight is 630 g/mol. The van der Waals surface area contributed by atoms with Gasteiger partial charge in [-0.1, -0.05) is 19.4 Å². The van der Waals surface area contributed by atoms with Gasteiger partial charge in [0.05, 0.1) is 34.7 Å². The Bertz CT molecular complexity index is 1900. The first-order valence-corrected chi connectivity index (χ1v) is 15.8. The molecule has 4 aliphatic heterocycles. The van der Waals surface area contributed by atoms with E-state index in [1.807, 2.05) is 0 Å².